The number of nitrogens with two attached hydrogens (primary N) is 1. The number of amides is 1. The molecule has 110 valence electrons. The van der Waals surface area contributed by atoms with E-state index < -0.39 is 0 Å². The Balaban J connectivity index is 1.88. The van der Waals surface area contributed by atoms with Gasteiger partial charge in [-0.1, -0.05) is 6.92 Å². The van der Waals surface area contributed by atoms with Gasteiger partial charge in [0.1, 0.15) is 0 Å². The second-order valence-electron chi connectivity index (χ2n) is 5.23. The van der Waals surface area contributed by atoms with Crippen LogP contribution >= 0.6 is 0 Å². The average molecular weight is 277 g/mol. The highest BCUT2D eigenvalue weighted by Gasteiger charge is 2.20. The molecule has 1 saturated heterocycles. The summed E-state index contributed by atoms with van der Waals surface area (Å²) in [6, 6.07) is 5.38. The van der Waals surface area contributed by atoms with E-state index in [0.29, 0.717) is 17.8 Å². The van der Waals surface area contributed by atoms with Crippen LogP contribution in [0, 0.1) is 6.92 Å². The number of morpholine rings is 1. The number of benzene rings is 1. The Morgan fingerprint density at radius 2 is 2.30 bits per heavy atom. The van der Waals surface area contributed by atoms with E-state index in [2.05, 4.69) is 17.1 Å². The van der Waals surface area contributed by atoms with Crippen molar-refractivity contribution >= 4 is 11.6 Å². The molecular formula is C15H23N3O2. The van der Waals surface area contributed by atoms with Crippen LogP contribution in [0.1, 0.15) is 22.8 Å². The van der Waals surface area contributed by atoms with Gasteiger partial charge in [0.15, 0.2) is 0 Å². The SMILES string of the molecule is CCN1CCOC(CNC(=O)c2cc(C)cc(N)c2)C1. The molecule has 1 aromatic carbocycles. The largest absolute Gasteiger partial charge is 0.399 e. The molecule has 0 radical (unpaired) electrons. The van der Waals surface area contributed by atoms with Crippen molar-refractivity contribution in [2.24, 2.45) is 0 Å². The minimum absolute atomic E-state index is 0.0646. The van der Waals surface area contributed by atoms with E-state index in [1.54, 1.807) is 6.07 Å². The summed E-state index contributed by atoms with van der Waals surface area (Å²) in [6.45, 7) is 8.17. The van der Waals surface area contributed by atoms with Gasteiger partial charge in [-0.15, -0.1) is 0 Å². The summed E-state index contributed by atoms with van der Waals surface area (Å²) < 4.78 is 5.66. The van der Waals surface area contributed by atoms with Crippen molar-refractivity contribution in [2.75, 3.05) is 38.5 Å². The number of nitrogen functional groups attached to an aromatic ring is 1. The molecule has 0 bridgehead atoms. The Kier molecular flexibility index (Phi) is 4.98. The molecule has 3 N–H and O–H groups in total. The van der Waals surface area contributed by atoms with Crippen molar-refractivity contribution in [3.8, 4) is 0 Å². The molecule has 0 aliphatic carbocycles. The zero-order valence-corrected chi connectivity index (χ0v) is 12.2. The highest BCUT2D eigenvalue weighted by Crippen LogP contribution is 2.11. The second kappa shape index (κ2) is 6.72. The Hall–Kier alpha value is -1.59. The van der Waals surface area contributed by atoms with Gasteiger partial charge >= 0.3 is 0 Å². The van der Waals surface area contributed by atoms with Crippen LogP contribution in [0.15, 0.2) is 18.2 Å². The molecular weight excluding hydrogens is 254 g/mol. The Labute approximate surface area is 120 Å². The van der Waals surface area contributed by atoms with Crippen molar-refractivity contribution in [2.45, 2.75) is 20.0 Å². The molecule has 0 aromatic heterocycles. The lowest BCUT2D eigenvalue weighted by atomic mass is 10.1. The van der Waals surface area contributed by atoms with Gasteiger partial charge in [0.2, 0.25) is 0 Å². The smallest absolute Gasteiger partial charge is 0.251 e. The van der Waals surface area contributed by atoms with Gasteiger partial charge < -0.3 is 15.8 Å². The summed E-state index contributed by atoms with van der Waals surface area (Å²) >= 11 is 0. The molecule has 1 aliphatic rings. The number of nitrogens with zero attached hydrogens (tertiary/aromatic N) is 1. The van der Waals surface area contributed by atoms with Gasteiger partial charge in [-0.3, -0.25) is 9.69 Å². The number of rotatable bonds is 4. The van der Waals surface area contributed by atoms with Gasteiger partial charge in [-0.25, -0.2) is 0 Å². The number of anilines is 1. The maximum absolute atomic E-state index is 12.1. The van der Waals surface area contributed by atoms with Crippen LogP contribution in [0.4, 0.5) is 5.69 Å². The molecule has 1 amide bonds. The van der Waals surface area contributed by atoms with E-state index in [-0.39, 0.29) is 12.0 Å². The lowest BCUT2D eigenvalue weighted by Gasteiger charge is -2.32. The third-order valence-electron chi connectivity index (χ3n) is 3.52. The number of nitrogens with one attached hydrogen (secondary N) is 1. The highest BCUT2D eigenvalue weighted by atomic mass is 16.5. The van der Waals surface area contributed by atoms with Crippen LogP contribution in [0.2, 0.25) is 0 Å². The second-order valence-corrected chi connectivity index (χ2v) is 5.23. The molecule has 1 fully saturated rings. The van der Waals surface area contributed by atoms with Gasteiger partial charge in [-0.2, -0.15) is 0 Å². The average Bonchev–Trinajstić information content (AvgIpc) is 2.44. The first-order valence-electron chi connectivity index (χ1n) is 7.08. The number of hydrogen-bond donors (Lipinski definition) is 2. The highest BCUT2D eigenvalue weighted by molar-refractivity contribution is 5.95. The normalized spacial score (nSPS) is 19.8. The van der Waals surface area contributed by atoms with Gasteiger partial charge in [0.25, 0.3) is 5.91 Å². The van der Waals surface area contributed by atoms with Crippen molar-refractivity contribution in [1.82, 2.24) is 10.2 Å². The van der Waals surface area contributed by atoms with Crippen LogP contribution in [0.25, 0.3) is 0 Å². The van der Waals surface area contributed by atoms with Crippen molar-refractivity contribution in [3.63, 3.8) is 0 Å². The fraction of sp³-hybridized carbons (Fsp3) is 0.533. The van der Waals surface area contributed by atoms with Crippen LogP contribution < -0.4 is 11.1 Å². The summed E-state index contributed by atoms with van der Waals surface area (Å²) in [6.07, 6.45) is 0.0646. The molecule has 2 rings (SSSR count). The maximum Gasteiger partial charge on any atom is 0.251 e. The number of likely N-dealkylation sites (N-methyl/N-ethyl adjacent to an activating group) is 1. The van der Waals surface area contributed by atoms with Crippen LogP contribution in [-0.4, -0.2) is 49.7 Å². The van der Waals surface area contributed by atoms with E-state index in [0.717, 1.165) is 31.8 Å². The van der Waals surface area contributed by atoms with E-state index in [1.165, 1.54) is 0 Å². The standard InChI is InChI=1S/C15H23N3O2/c1-3-18-4-5-20-14(10-18)9-17-15(19)12-6-11(2)7-13(16)8-12/h6-8,14H,3-5,9-10,16H2,1-2H3,(H,17,19). The molecule has 0 saturated carbocycles. The maximum atomic E-state index is 12.1. The molecule has 0 spiro atoms. The van der Waals surface area contributed by atoms with Crippen molar-refractivity contribution in [1.29, 1.82) is 0 Å². The van der Waals surface area contributed by atoms with Gasteiger partial charge in [0, 0.05) is 30.9 Å². The zero-order valence-electron chi connectivity index (χ0n) is 12.2. The van der Waals surface area contributed by atoms with Crippen molar-refractivity contribution in [3.05, 3.63) is 29.3 Å². The summed E-state index contributed by atoms with van der Waals surface area (Å²) in [5, 5.41) is 2.92. The summed E-state index contributed by atoms with van der Waals surface area (Å²) in [4.78, 5) is 14.4. The van der Waals surface area contributed by atoms with E-state index in [4.69, 9.17) is 10.5 Å². The van der Waals surface area contributed by atoms with Crippen molar-refractivity contribution < 1.29 is 9.53 Å². The fourth-order valence-corrected chi connectivity index (χ4v) is 2.44. The summed E-state index contributed by atoms with van der Waals surface area (Å²) in [5.74, 6) is -0.0994. The minimum atomic E-state index is -0.0994. The molecule has 5 heteroatoms. The number of aryl methyl sites for hydroxylation is 1. The third kappa shape index (κ3) is 3.95. The predicted molar refractivity (Wildman–Crippen MR) is 79.8 cm³/mol. The predicted octanol–water partition coefficient (Wildman–Crippen LogP) is 1.03. The van der Waals surface area contributed by atoms with Crippen LogP contribution in [0.3, 0.4) is 0 Å². The Morgan fingerprint density at radius 1 is 1.50 bits per heavy atom. The molecule has 1 heterocycles. The molecule has 1 unspecified atom stereocenters. The first kappa shape index (κ1) is 14.8. The Bertz CT molecular complexity index is 456. The van der Waals surface area contributed by atoms with Gasteiger partial charge in [-0.05, 0) is 37.2 Å². The summed E-state index contributed by atoms with van der Waals surface area (Å²) in [7, 11) is 0. The quantitative estimate of drug-likeness (QED) is 0.807. The molecule has 1 aromatic rings. The molecule has 1 atom stereocenters. The number of carbonyl (C=O) groups is 1. The third-order valence-corrected chi connectivity index (χ3v) is 3.52. The van der Waals surface area contributed by atoms with Crippen LogP contribution in [-0.2, 0) is 4.74 Å². The molecule has 20 heavy (non-hydrogen) atoms. The molecule has 5 nitrogen and oxygen atoms in total. The number of ether oxygens (including phenoxy) is 1. The molecule has 1 aliphatic heterocycles. The zero-order chi connectivity index (χ0) is 14.5. The van der Waals surface area contributed by atoms with E-state index in [1.807, 2.05) is 19.1 Å². The van der Waals surface area contributed by atoms with Gasteiger partial charge in [0.05, 0.1) is 12.7 Å². The number of carbonyl (C=O) groups excluding carboxylic acids is 1. The summed E-state index contributed by atoms with van der Waals surface area (Å²) in [5.41, 5.74) is 7.96. The monoisotopic (exact) mass is 277 g/mol. The lowest BCUT2D eigenvalue weighted by molar-refractivity contribution is -0.0246. The Morgan fingerprint density at radius 3 is 3.00 bits per heavy atom. The number of hydrogen-bond acceptors (Lipinski definition) is 4. The topological polar surface area (TPSA) is 67.6 Å². The minimum Gasteiger partial charge on any atom is -0.399 e. The van der Waals surface area contributed by atoms with E-state index >= 15 is 0 Å². The fourth-order valence-electron chi connectivity index (χ4n) is 2.44. The van der Waals surface area contributed by atoms with Crippen LogP contribution in [0.5, 0.6) is 0 Å². The first-order chi connectivity index (χ1) is 9.58. The van der Waals surface area contributed by atoms with E-state index in [9.17, 15) is 4.79 Å². The first-order valence-corrected chi connectivity index (χ1v) is 7.08. The lowest BCUT2D eigenvalue weighted by Crippen LogP contribution is -2.47.